The van der Waals surface area contributed by atoms with Gasteiger partial charge in [0.05, 0.1) is 0 Å². The van der Waals surface area contributed by atoms with Gasteiger partial charge >= 0.3 is 63.3 Å². The minimum atomic E-state index is -1.25. The van der Waals surface area contributed by atoms with E-state index in [0.29, 0.717) is 0 Å². The molecule has 0 bridgehead atoms. The van der Waals surface area contributed by atoms with E-state index in [0.717, 1.165) is 0 Å². The molecule has 0 aliphatic heterocycles. The fraction of sp³-hybridized carbons (Fsp3) is 0. The van der Waals surface area contributed by atoms with Crippen molar-refractivity contribution in [1.82, 2.24) is 29.4 Å². The average Bonchev–Trinajstić information content (AvgIpc) is 2.87. The number of nitro groups is 2. The van der Waals surface area contributed by atoms with Crippen molar-refractivity contribution in [1.29, 1.82) is 0 Å². The third kappa shape index (κ3) is 3.39. The van der Waals surface area contributed by atoms with Crippen LogP contribution in [0.4, 0.5) is 11.9 Å². The molecule has 0 saturated heterocycles. The van der Waals surface area contributed by atoms with Crippen LogP contribution in [-0.4, -0.2) is 46.7 Å². The van der Waals surface area contributed by atoms with E-state index in [1.54, 1.807) is 0 Å². The first-order valence-corrected chi connectivity index (χ1v) is 4.40. The summed E-state index contributed by atoms with van der Waals surface area (Å²) in [5.41, 5.74) is 0. The van der Waals surface area contributed by atoms with Crippen molar-refractivity contribution in [2.75, 3.05) is 0 Å². The molecule has 12 nitrogen and oxygen atoms in total. The van der Waals surface area contributed by atoms with Gasteiger partial charge in [-0.15, -0.1) is 0 Å². The molecule has 0 N–H and O–H groups in total. The van der Waals surface area contributed by atoms with Crippen LogP contribution in [-0.2, 0) is 0 Å². The zero-order chi connectivity index (χ0) is 12.4. The van der Waals surface area contributed by atoms with Gasteiger partial charge in [-0.3, -0.25) is 0 Å². The van der Waals surface area contributed by atoms with E-state index in [-0.39, 0.29) is 51.4 Å². The van der Waals surface area contributed by atoms with Crippen molar-refractivity contribution >= 4 is 19.4 Å². The summed E-state index contributed by atoms with van der Waals surface area (Å²) in [6, 6.07) is 0. The Morgan fingerprint density at radius 2 is 1.39 bits per heavy atom. The number of rotatable bonds is 4. The first-order chi connectivity index (χ1) is 8.06. The van der Waals surface area contributed by atoms with Crippen LogP contribution in [0, 0.1) is 20.2 Å². The summed E-state index contributed by atoms with van der Waals surface area (Å²) < 4.78 is 2.47. The van der Waals surface area contributed by atoms with Gasteiger partial charge in [-0.05, 0) is 20.0 Å². The molecule has 18 heavy (non-hydrogen) atoms. The van der Waals surface area contributed by atoms with E-state index < -0.39 is 29.3 Å². The Hall–Kier alpha value is -1.22. The monoisotopic (exact) mass is 278 g/mol. The van der Waals surface area contributed by atoms with E-state index in [9.17, 15) is 20.2 Å². The Bertz CT molecular complexity index is 531. The molecule has 0 radical (unpaired) electrons. The first-order valence-electron chi connectivity index (χ1n) is 4.40. The van der Waals surface area contributed by atoms with Gasteiger partial charge in [0.15, 0.2) is 12.7 Å². The van der Waals surface area contributed by atoms with Gasteiger partial charge in [0.25, 0.3) is 0 Å². The fourth-order valence-corrected chi connectivity index (χ4v) is 1.23. The molecule has 0 fully saturated rings. The maximum atomic E-state index is 10.3. The van der Waals surface area contributed by atoms with Crippen LogP contribution in [0.3, 0.4) is 0 Å². The van der Waals surface area contributed by atoms with Crippen molar-refractivity contribution in [3.05, 3.63) is 32.9 Å². The van der Waals surface area contributed by atoms with E-state index in [1.165, 1.54) is 21.8 Å². The van der Waals surface area contributed by atoms with Crippen LogP contribution >= 0.6 is 0 Å². The third-order valence-electron chi connectivity index (χ3n) is 1.91. The largest absolute Gasteiger partial charge is 1.00 e. The molecule has 2 aromatic heterocycles. The molecule has 2 aromatic rings. The molecule has 0 unspecified atom stereocenters. The summed E-state index contributed by atoms with van der Waals surface area (Å²) in [4.78, 5) is 26.1. The maximum Gasteiger partial charge on any atom is 1.00 e. The predicted octanol–water partition coefficient (Wildman–Crippen LogP) is -4.91. The van der Waals surface area contributed by atoms with Crippen LogP contribution in [0.15, 0.2) is 12.7 Å². The molecule has 14 heteroatoms. The van der Waals surface area contributed by atoms with Crippen LogP contribution in [0.2, 0.25) is 0 Å². The number of nitrogens with zero attached hydrogens (tertiary/aromatic N) is 8. The Balaban J connectivity index is 0.00000162. The van der Waals surface area contributed by atoms with Crippen molar-refractivity contribution in [3.8, 4) is 0 Å². The Kier molecular flexibility index (Phi) is 5.03. The topological polar surface area (TPSA) is 148 Å². The molecule has 2 heterocycles. The smallest absolute Gasteiger partial charge is 0.390 e. The molecule has 0 saturated carbocycles. The van der Waals surface area contributed by atoms with Crippen molar-refractivity contribution < 1.29 is 61.2 Å². The first kappa shape index (κ1) is 14.8. The summed E-state index contributed by atoms with van der Waals surface area (Å²) in [5.74, 6) is -1.05. The van der Waals surface area contributed by atoms with Gasteiger partial charge in [-0.2, -0.15) is 0 Å². The van der Waals surface area contributed by atoms with Crippen molar-refractivity contribution in [3.63, 3.8) is 0 Å². The number of hydrogen-bond acceptors (Lipinski definition) is 8. The van der Waals surface area contributed by atoms with Crippen LogP contribution < -0.4 is 51.4 Å². The Labute approximate surface area is 141 Å². The molecular formula is C4H4BKN8O4. The van der Waals surface area contributed by atoms with Crippen LogP contribution in [0.5, 0.6) is 0 Å². The molecule has 2 rings (SSSR count). The van der Waals surface area contributed by atoms with E-state index in [2.05, 4.69) is 20.2 Å². The summed E-state index contributed by atoms with van der Waals surface area (Å²) in [6.45, 7) is 0. The molecule has 0 amide bonds. The molecule has 88 valence electrons. The Morgan fingerprint density at radius 1 is 1.00 bits per heavy atom. The van der Waals surface area contributed by atoms with E-state index in [4.69, 9.17) is 0 Å². The second-order valence-corrected chi connectivity index (χ2v) is 3.15. The molecular weight excluding hydrogens is 274 g/mol. The van der Waals surface area contributed by atoms with Gasteiger partial charge in [-0.1, -0.05) is 9.97 Å². The van der Waals surface area contributed by atoms with Gasteiger partial charge in [-0.25, -0.2) is 0 Å². The summed E-state index contributed by atoms with van der Waals surface area (Å²) in [7, 11) is -1.25. The molecule has 0 spiro atoms. The third-order valence-corrected chi connectivity index (χ3v) is 1.91. The molecule has 0 aromatic carbocycles. The van der Waals surface area contributed by atoms with Crippen molar-refractivity contribution in [2.45, 2.75) is 0 Å². The average molecular weight is 278 g/mol. The van der Waals surface area contributed by atoms with Gasteiger partial charge in [0.1, 0.15) is 0 Å². The predicted molar refractivity (Wildman–Crippen MR) is 52.7 cm³/mol. The normalized spacial score (nSPS) is 9.78. The van der Waals surface area contributed by atoms with E-state index >= 15 is 0 Å². The quantitative estimate of drug-likeness (QED) is 0.307. The Morgan fingerprint density at radius 3 is 1.67 bits per heavy atom. The summed E-state index contributed by atoms with van der Waals surface area (Å²) >= 11 is 0. The van der Waals surface area contributed by atoms with Gasteiger partial charge in [0.2, 0.25) is 7.55 Å². The molecule has 0 aliphatic rings. The molecule has 0 aliphatic carbocycles. The second-order valence-electron chi connectivity index (χ2n) is 3.15. The number of aromatic nitrogens is 6. The zero-order valence-corrected chi connectivity index (χ0v) is 12.5. The fourth-order valence-electron chi connectivity index (χ4n) is 1.23. The molecule has 0 atom stereocenters. The van der Waals surface area contributed by atoms with Gasteiger partial charge in [0, 0.05) is 0 Å². The standard InChI is InChI=1S/C4H4BN8O4.K/c14-12(15)3-6-1-10(8-3)5-11-2-7-4(9-11)13(16)17;/h1-2H,5H2;/q-1;+1. The zero-order valence-electron chi connectivity index (χ0n) is 9.37. The minimum absolute atomic E-state index is 0. The second kappa shape index (κ2) is 6.10. The van der Waals surface area contributed by atoms with Crippen molar-refractivity contribution in [2.24, 2.45) is 0 Å². The maximum absolute atomic E-state index is 10.3. The van der Waals surface area contributed by atoms with Crippen LogP contribution in [0.25, 0.3) is 0 Å². The van der Waals surface area contributed by atoms with Crippen LogP contribution in [0.1, 0.15) is 0 Å². The summed E-state index contributed by atoms with van der Waals surface area (Å²) in [5, 5.41) is 27.8. The summed E-state index contributed by atoms with van der Waals surface area (Å²) in [6.07, 6.45) is 2.34. The van der Waals surface area contributed by atoms with E-state index in [1.807, 2.05) is 0 Å². The number of hydrogen-bond donors (Lipinski definition) is 0. The minimum Gasteiger partial charge on any atom is -0.390 e. The SMILES string of the molecule is O=[N+]([O-])c1ncn([BH2-]n2cnc([N+](=O)[O-])n2)n1.[K+]. The van der Waals surface area contributed by atoms with Gasteiger partial charge < -0.3 is 29.4 Å².